The van der Waals surface area contributed by atoms with Crippen molar-refractivity contribution in [1.29, 1.82) is 0 Å². The maximum Gasteiger partial charge on any atom is -0.162 e. The predicted molar refractivity (Wildman–Crippen MR) is 115 cm³/mol. The minimum Gasteiger partial charge on any atom is -0.668 e. The number of carbonyl (C=O) groups excluding carboxylic acids is 1. The number of hydrogen-bond acceptors (Lipinski definition) is 1. The summed E-state index contributed by atoms with van der Waals surface area (Å²) in [5.41, 5.74) is 1.09. The molecule has 2 unspecified atom stereocenters. The first-order chi connectivity index (χ1) is 13.7. The van der Waals surface area contributed by atoms with Crippen molar-refractivity contribution in [3.63, 3.8) is 0 Å². The molecule has 1 heterocycles. The molecule has 1 aliphatic carbocycles. The van der Waals surface area contributed by atoms with Gasteiger partial charge in [0, 0.05) is 0 Å². The molecule has 2 aliphatic rings. The molecule has 0 fully saturated rings. The van der Waals surface area contributed by atoms with Gasteiger partial charge in [-0.15, -0.1) is 0 Å². The monoisotopic (exact) mass is 441 g/mol. The third kappa shape index (κ3) is 5.85. The van der Waals surface area contributed by atoms with Gasteiger partial charge in [-0.25, -0.2) is 0 Å². The number of rotatable bonds is 5. The van der Waals surface area contributed by atoms with Gasteiger partial charge in [0.2, 0.25) is 0 Å². The number of halogens is 2. The molecule has 1 aromatic rings. The molecule has 160 valence electrons. The first-order valence-electron chi connectivity index (χ1n) is 9.91. The first kappa shape index (κ1) is 25.7. The van der Waals surface area contributed by atoms with E-state index in [0.717, 1.165) is 32.2 Å². The molecular weight excluding hydrogens is 408 g/mol. The summed E-state index contributed by atoms with van der Waals surface area (Å²) in [6.45, 7) is 6.08. The van der Waals surface area contributed by atoms with Crippen LogP contribution >= 0.6 is 0 Å². The summed E-state index contributed by atoms with van der Waals surface area (Å²) >= 11 is -3.40. The normalized spacial score (nSPS) is 18.7. The Balaban J connectivity index is 0.000000626. The average molecular weight is 441 g/mol. The van der Waals surface area contributed by atoms with Crippen molar-refractivity contribution in [2.75, 3.05) is 28.2 Å². The number of hydrogen-bond donors (Lipinski definition) is 1. The largest absolute Gasteiger partial charge is 0.668 e. The Bertz CT molecular complexity index is 778. The third-order valence-electron chi connectivity index (χ3n) is 4.77. The van der Waals surface area contributed by atoms with Gasteiger partial charge in [-0.3, -0.25) is 0 Å². The number of allylic oxidation sites excluding steroid dienone is 4. The molecule has 0 saturated carbocycles. The van der Waals surface area contributed by atoms with Crippen molar-refractivity contribution >= 4 is 13.6 Å². The zero-order chi connectivity index (χ0) is 22.2. The molecule has 0 spiro atoms. The summed E-state index contributed by atoms with van der Waals surface area (Å²) < 4.78 is 33.7. The van der Waals surface area contributed by atoms with Gasteiger partial charge in [-0.1, -0.05) is 0 Å². The molecular formula is C22H33F2N3OTi. The van der Waals surface area contributed by atoms with Crippen LogP contribution in [0.5, 0.6) is 0 Å². The van der Waals surface area contributed by atoms with Crippen molar-refractivity contribution in [3.05, 3.63) is 56.0 Å². The zero-order valence-electron chi connectivity index (χ0n) is 18.6. The Hall–Kier alpha value is -1.34. The molecule has 29 heavy (non-hydrogen) atoms. The van der Waals surface area contributed by atoms with Gasteiger partial charge in [-0.2, -0.15) is 28.2 Å². The summed E-state index contributed by atoms with van der Waals surface area (Å²) in [5, 5.41) is 7.00. The molecule has 0 radical (unpaired) electrons. The second-order valence-corrected chi connectivity index (χ2v) is 12.5. The van der Waals surface area contributed by atoms with E-state index in [1.807, 2.05) is 19.9 Å². The van der Waals surface area contributed by atoms with Crippen LogP contribution in [-0.4, -0.2) is 34.1 Å². The zero-order valence-corrected chi connectivity index (χ0v) is 20.1. The van der Waals surface area contributed by atoms with Crippen molar-refractivity contribution < 1.29 is 30.4 Å². The van der Waals surface area contributed by atoms with Crippen LogP contribution in [-0.2, 0) is 21.6 Å². The van der Waals surface area contributed by atoms with Gasteiger partial charge in [0.05, 0.1) is 0 Å². The fourth-order valence-corrected chi connectivity index (χ4v) is 11.6. The van der Waals surface area contributed by atoms with Crippen LogP contribution in [0.1, 0.15) is 40.0 Å². The van der Waals surface area contributed by atoms with E-state index in [0.29, 0.717) is 10.3 Å². The van der Waals surface area contributed by atoms with Crippen LogP contribution in [0.15, 0.2) is 33.7 Å². The molecule has 2 atom stereocenters. The fraction of sp³-hybridized carbons (Fsp3) is 0.500. The van der Waals surface area contributed by atoms with Crippen LogP contribution in [0.2, 0.25) is 0 Å². The fourth-order valence-electron chi connectivity index (χ4n) is 3.72. The SMILES string of the molecule is CCCCC(=O)[NH][Ti+2]1([C]2=C(C)C=CC2C)[c]2cc(F)cc(F)[c]21.C[N-]C.C[N-]C. The van der Waals surface area contributed by atoms with Crippen molar-refractivity contribution in [2.24, 2.45) is 5.92 Å². The summed E-state index contributed by atoms with van der Waals surface area (Å²) in [5.74, 6) is -0.942. The maximum absolute atomic E-state index is 14.3. The van der Waals surface area contributed by atoms with E-state index in [1.54, 1.807) is 28.2 Å². The standard InChI is InChI=1S/C7H9.C6H2F2.C5H11NO.2C2H6N.Ti/c1-6-3-4-7(2)5-6;7-5-2-1-3-6(8)4-5;1-2-3-4-5(6)7;2*1-3-2;/h3-4,6H,1-2H3;2,4H;2-4H2,1H3,(H2,6,7);2*1-2H3;/q;;;2*-1;+3/p-1. The number of fused-ring (bicyclic) bond motifs is 1. The number of benzene rings is 1. The molecule has 1 aliphatic heterocycles. The smallest absolute Gasteiger partial charge is 0.162 e. The Kier molecular flexibility index (Phi) is 10.4. The average Bonchev–Trinajstić information content (AvgIpc) is 3.12. The van der Waals surface area contributed by atoms with Crippen LogP contribution in [0.4, 0.5) is 8.78 Å². The molecule has 7 heteroatoms. The van der Waals surface area contributed by atoms with E-state index in [4.69, 9.17) is 0 Å². The number of nitrogens with one attached hydrogen (secondary N) is 1. The summed E-state index contributed by atoms with van der Waals surface area (Å²) in [6.07, 6.45) is 6.28. The number of nitrogens with zero attached hydrogens (tertiary/aromatic N) is 2. The van der Waals surface area contributed by atoms with Gasteiger partial charge in [0.15, 0.2) is 0 Å². The molecule has 0 saturated heterocycles. The number of unbranched alkanes of at least 4 members (excludes halogenated alkanes) is 1. The Labute approximate surface area is 177 Å². The second kappa shape index (κ2) is 11.7. The van der Waals surface area contributed by atoms with Crippen molar-refractivity contribution in [2.45, 2.75) is 40.0 Å². The Morgan fingerprint density at radius 1 is 1.17 bits per heavy atom. The molecule has 1 aromatic carbocycles. The minimum absolute atomic E-state index is 0.0396. The van der Waals surface area contributed by atoms with Crippen LogP contribution in [0, 0.1) is 17.6 Å². The topological polar surface area (TPSA) is 57.3 Å². The van der Waals surface area contributed by atoms with E-state index < -0.39 is 28.5 Å². The Morgan fingerprint density at radius 3 is 2.24 bits per heavy atom. The summed E-state index contributed by atoms with van der Waals surface area (Å²) in [7, 11) is 7.00. The molecule has 0 bridgehead atoms. The molecule has 1 amide bonds. The van der Waals surface area contributed by atoms with E-state index in [1.165, 1.54) is 6.07 Å². The van der Waals surface area contributed by atoms with Crippen LogP contribution < -0.4 is 11.5 Å². The summed E-state index contributed by atoms with van der Waals surface area (Å²) in [6, 6.07) is 2.36. The van der Waals surface area contributed by atoms with E-state index in [-0.39, 0.29) is 11.8 Å². The first-order valence-corrected chi connectivity index (χ1v) is 13.0. The third-order valence-corrected chi connectivity index (χ3v) is 11.8. The van der Waals surface area contributed by atoms with Gasteiger partial charge < -0.3 is 10.6 Å². The molecule has 3 rings (SSSR count). The van der Waals surface area contributed by atoms with Gasteiger partial charge in [0.1, 0.15) is 0 Å². The van der Waals surface area contributed by atoms with E-state index in [9.17, 15) is 13.6 Å². The van der Waals surface area contributed by atoms with E-state index >= 15 is 0 Å². The van der Waals surface area contributed by atoms with E-state index in [2.05, 4.69) is 27.4 Å². The number of carbonyl (C=O) groups is 1. The predicted octanol–water partition coefficient (Wildman–Crippen LogP) is 4.32. The quantitative estimate of drug-likeness (QED) is 0.680. The summed E-state index contributed by atoms with van der Waals surface area (Å²) in [4.78, 5) is 12.4. The Morgan fingerprint density at radius 2 is 1.76 bits per heavy atom. The van der Waals surface area contributed by atoms with Crippen molar-refractivity contribution in [3.8, 4) is 0 Å². The molecule has 0 aromatic heterocycles. The molecule has 4 nitrogen and oxygen atoms in total. The van der Waals surface area contributed by atoms with Crippen LogP contribution in [0.25, 0.3) is 10.6 Å². The van der Waals surface area contributed by atoms with Gasteiger partial charge >= 0.3 is 139 Å². The van der Waals surface area contributed by atoms with Crippen LogP contribution in [0.3, 0.4) is 0 Å². The van der Waals surface area contributed by atoms with Gasteiger partial charge in [0.25, 0.3) is 0 Å². The second-order valence-electron chi connectivity index (χ2n) is 7.35. The van der Waals surface area contributed by atoms with Crippen molar-refractivity contribution in [1.82, 2.24) is 3.80 Å². The molecule has 1 N–H and O–H groups in total. The number of amides is 1. The minimum atomic E-state index is -3.40. The maximum atomic E-state index is 14.3. The van der Waals surface area contributed by atoms with Gasteiger partial charge in [-0.05, 0) is 0 Å².